The van der Waals surface area contributed by atoms with Crippen molar-refractivity contribution in [2.24, 2.45) is 0 Å². The Morgan fingerprint density at radius 3 is 2.86 bits per heavy atom. The van der Waals surface area contributed by atoms with Crippen molar-refractivity contribution in [3.63, 3.8) is 0 Å². The van der Waals surface area contributed by atoms with Crippen molar-refractivity contribution in [2.75, 3.05) is 0 Å². The molecular formula is C10H7ClO3. The monoisotopic (exact) mass is 210 g/mol. The number of rotatable bonds is 2. The van der Waals surface area contributed by atoms with E-state index >= 15 is 0 Å². The fourth-order valence-corrected chi connectivity index (χ4v) is 1.66. The normalized spacial score (nSPS) is 18.9. The van der Waals surface area contributed by atoms with Crippen molar-refractivity contribution >= 4 is 22.8 Å². The number of esters is 1. The van der Waals surface area contributed by atoms with Gasteiger partial charge in [-0.15, -0.1) is 0 Å². The largest absolute Gasteiger partial charge is 0.453 e. The van der Waals surface area contributed by atoms with Crippen LogP contribution >= 0.6 is 11.6 Å². The number of carbonyl (C=O) groups excluding carboxylic acids is 2. The molecule has 1 aromatic carbocycles. The molecule has 0 spiro atoms. The minimum atomic E-state index is -0.510. The lowest BCUT2D eigenvalue weighted by Gasteiger charge is -2.06. The predicted molar refractivity (Wildman–Crippen MR) is 50.1 cm³/mol. The molecule has 1 atom stereocenters. The first-order valence-corrected chi connectivity index (χ1v) is 4.54. The predicted octanol–water partition coefficient (Wildman–Crippen LogP) is 2.05. The minimum absolute atomic E-state index is 0.0321. The molecule has 0 radical (unpaired) electrons. The first-order chi connectivity index (χ1) is 6.68. The summed E-state index contributed by atoms with van der Waals surface area (Å²) in [4.78, 5) is 22.0. The molecule has 1 aliphatic rings. The Hall–Kier alpha value is -1.35. The lowest BCUT2D eigenvalue weighted by atomic mass is 10.0. The highest BCUT2D eigenvalue weighted by atomic mass is 35.5. The second kappa shape index (κ2) is 3.42. The van der Waals surface area contributed by atoms with Crippen LogP contribution in [0.3, 0.4) is 0 Å². The topological polar surface area (TPSA) is 43.4 Å². The van der Waals surface area contributed by atoms with Crippen LogP contribution in [0.5, 0.6) is 0 Å². The maximum Gasteiger partial charge on any atom is 0.339 e. The summed E-state index contributed by atoms with van der Waals surface area (Å²) in [7, 11) is 0. The zero-order valence-electron chi connectivity index (χ0n) is 7.20. The molecule has 0 amide bonds. The molecule has 0 N–H and O–H groups in total. The molecule has 1 unspecified atom stereocenters. The Bertz CT molecular complexity index is 398. The number of ether oxygens (including phenoxy) is 1. The summed E-state index contributed by atoms with van der Waals surface area (Å²) >= 11 is 5.24. The van der Waals surface area contributed by atoms with Gasteiger partial charge in [0.2, 0.25) is 5.24 Å². The molecule has 0 aliphatic carbocycles. The molecule has 1 aromatic rings. The first kappa shape index (κ1) is 9.21. The third-order valence-corrected chi connectivity index (χ3v) is 2.28. The molecule has 0 saturated carbocycles. The van der Waals surface area contributed by atoms with Crippen molar-refractivity contribution in [1.29, 1.82) is 0 Å². The SMILES string of the molecule is O=C(Cl)CC1OC(=O)c2ccccc21. The molecule has 4 heteroatoms. The summed E-state index contributed by atoms with van der Waals surface area (Å²) < 4.78 is 5.00. The Kier molecular flexibility index (Phi) is 2.25. The van der Waals surface area contributed by atoms with Crippen molar-refractivity contribution in [3.8, 4) is 0 Å². The lowest BCUT2D eigenvalue weighted by Crippen LogP contribution is -2.02. The van der Waals surface area contributed by atoms with Gasteiger partial charge in [0.25, 0.3) is 0 Å². The van der Waals surface area contributed by atoms with E-state index in [1.807, 2.05) is 0 Å². The third kappa shape index (κ3) is 1.51. The molecule has 1 heterocycles. The highest BCUT2D eigenvalue weighted by Gasteiger charge is 2.31. The molecule has 0 aromatic heterocycles. The maximum atomic E-state index is 11.3. The Balaban J connectivity index is 2.34. The van der Waals surface area contributed by atoms with E-state index in [-0.39, 0.29) is 12.4 Å². The smallest absolute Gasteiger partial charge is 0.339 e. The first-order valence-electron chi connectivity index (χ1n) is 4.16. The van der Waals surface area contributed by atoms with E-state index in [0.717, 1.165) is 5.56 Å². The molecule has 72 valence electrons. The summed E-state index contributed by atoms with van der Waals surface area (Å²) in [6, 6.07) is 7.00. The van der Waals surface area contributed by atoms with Crippen LogP contribution in [-0.2, 0) is 9.53 Å². The van der Waals surface area contributed by atoms with E-state index in [0.29, 0.717) is 5.56 Å². The van der Waals surface area contributed by atoms with Gasteiger partial charge in [-0.3, -0.25) is 4.79 Å². The van der Waals surface area contributed by atoms with Gasteiger partial charge in [-0.05, 0) is 17.7 Å². The fourth-order valence-electron chi connectivity index (χ4n) is 1.52. The van der Waals surface area contributed by atoms with E-state index in [9.17, 15) is 9.59 Å². The van der Waals surface area contributed by atoms with Crippen LogP contribution in [-0.4, -0.2) is 11.2 Å². The van der Waals surface area contributed by atoms with Gasteiger partial charge in [-0.1, -0.05) is 18.2 Å². The summed E-state index contributed by atoms with van der Waals surface area (Å²) in [6.45, 7) is 0. The average molecular weight is 211 g/mol. The Labute approximate surface area is 85.6 Å². The maximum absolute atomic E-state index is 11.3. The van der Waals surface area contributed by atoms with E-state index < -0.39 is 11.3 Å². The molecular weight excluding hydrogens is 204 g/mol. The van der Waals surface area contributed by atoms with Gasteiger partial charge in [0, 0.05) is 5.56 Å². The van der Waals surface area contributed by atoms with Gasteiger partial charge in [0.05, 0.1) is 12.0 Å². The Morgan fingerprint density at radius 2 is 2.14 bits per heavy atom. The van der Waals surface area contributed by atoms with E-state index in [2.05, 4.69) is 0 Å². The van der Waals surface area contributed by atoms with Gasteiger partial charge < -0.3 is 4.74 Å². The number of halogens is 1. The average Bonchev–Trinajstić information content (AvgIpc) is 2.44. The zero-order valence-corrected chi connectivity index (χ0v) is 7.95. The van der Waals surface area contributed by atoms with Crippen LogP contribution in [0, 0.1) is 0 Å². The highest BCUT2D eigenvalue weighted by molar-refractivity contribution is 6.63. The molecule has 0 saturated heterocycles. The molecule has 1 aliphatic heterocycles. The number of benzene rings is 1. The third-order valence-electron chi connectivity index (χ3n) is 2.12. The highest BCUT2D eigenvalue weighted by Crippen LogP contribution is 2.32. The minimum Gasteiger partial charge on any atom is -0.453 e. The van der Waals surface area contributed by atoms with Crippen molar-refractivity contribution in [2.45, 2.75) is 12.5 Å². The lowest BCUT2D eigenvalue weighted by molar-refractivity contribution is -0.113. The molecule has 14 heavy (non-hydrogen) atoms. The summed E-state index contributed by atoms with van der Waals surface area (Å²) in [5, 5.41) is -0.500. The van der Waals surface area contributed by atoms with E-state index in [1.54, 1.807) is 24.3 Å². The van der Waals surface area contributed by atoms with Gasteiger partial charge in [-0.25, -0.2) is 4.79 Å². The van der Waals surface area contributed by atoms with Crippen LogP contribution in [0.2, 0.25) is 0 Å². The summed E-state index contributed by atoms with van der Waals surface area (Å²) in [5.41, 5.74) is 1.27. The van der Waals surface area contributed by atoms with Crippen LogP contribution in [0.4, 0.5) is 0 Å². The van der Waals surface area contributed by atoms with Crippen molar-refractivity contribution < 1.29 is 14.3 Å². The molecule has 0 fully saturated rings. The number of carbonyl (C=O) groups is 2. The second-order valence-electron chi connectivity index (χ2n) is 3.04. The fraction of sp³-hybridized carbons (Fsp3) is 0.200. The number of fused-ring (bicyclic) bond motifs is 1. The summed E-state index contributed by atoms with van der Waals surface area (Å²) in [6.07, 6.45) is -0.478. The van der Waals surface area contributed by atoms with Crippen molar-refractivity contribution in [3.05, 3.63) is 35.4 Å². The molecule has 2 rings (SSSR count). The van der Waals surface area contributed by atoms with Crippen LogP contribution < -0.4 is 0 Å². The summed E-state index contributed by atoms with van der Waals surface area (Å²) in [5.74, 6) is -0.386. The van der Waals surface area contributed by atoms with Crippen LogP contribution in [0.25, 0.3) is 0 Å². The van der Waals surface area contributed by atoms with Crippen LogP contribution in [0.15, 0.2) is 24.3 Å². The van der Waals surface area contributed by atoms with Gasteiger partial charge >= 0.3 is 5.97 Å². The Morgan fingerprint density at radius 1 is 1.43 bits per heavy atom. The van der Waals surface area contributed by atoms with Gasteiger partial charge in [0.1, 0.15) is 6.10 Å². The number of cyclic esters (lactones) is 1. The molecule has 3 nitrogen and oxygen atoms in total. The van der Waals surface area contributed by atoms with Crippen molar-refractivity contribution in [1.82, 2.24) is 0 Å². The number of hydrogen-bond donors (Lipinski definition) is 0. The second-order valence-corrected chi connectivity index (χ2v) is 3.46. The van der Waals surface area contributed by atoms with E-state index in [4.69, 9.17) is 16.3 Å². The van der Waals surface area contributed by atoms with Gasteiger partial charge in [-0.2, -0.15) is 0 Å². The van der Waals surface area contributed by atoms with Gasteiger partial charge in [0.15, 0.2) is 0 Å². The standard InChI is InChI=1S/C10H7ClO3/c11-9(12)5-8-6-3-1-2-4-7(6)10(13)14-8/h1-4,8H,5H2. The quantitative estimate of drug-likeness (QED) is 0.554. The number of hydrogen-bond acceptors (Lipinski definition) is 3. The zero-order chi connectivity index (χ0) is 10.1. The molecule has 0 bridgehead atoms. The van der Waals surface area contributed by atoms with Crippen LogP contribution in [0.1, 0.15) is 28.4 Å². The van der Waals surface area contributed by atoms with E-state index in [1.165, 1.54) is 0 Å².